The van der Waals surface area contributed by atoms with Gasteiger partial charge in [0.25, 0.3) is 0 Å². The summed E-state index contributed by atoms with van der Waals surface area (Å²) in [7, 11) is 0. The predicted molar refractivity (Wildman–Crippen MR) is 90.1 cm³/mol. The van der Waals surface area contributed by atoms with Crippen LogP contribution >= 0.6 is 11.6 Å². The zero-order valence-electron chi connectivity index (χ0n) is 12.5. The first-order valence-corrected chi connectivity index (χ1v) is 7.89. The maximum absolute atomic E-state index is 14.2. The van der Waals surface area contributed by atoms with Gasteiger partial charge < -0.3 is 5.32 Å². The quantitative estimate of drug-likeness (QED) is 0.761. The first kappa shape index (κ1) is 14.9. The van der Waals surface area contributed by atoms with Crippen LogP contribution in [0.5, 0.6) is 0 Å². The molecule has 3 aromatic rings. The van der Waals surface area contributed by atoms with E-state index in [0.29, 0.717) is 16.4 Å². The Balaban J connectivity index is 1.83. The number of nitrogens with zero attached hydrogens (tertiary/aromatic N) is 2. The van der Waals surface area contributed by atoms with E-state index in [1.807, 2.05) is 12.1 Å². The van der Waals surface area contributed by atoms with Gasteiger partial charge >= 0.3 is 0 Å². The van der Waals surface area contributed by atoms with Gasteiger partial charge in [-0.25, -0.2) is 9.07 Å². The van der Waals surface area contributed by atoms with Crippen molar-refractivity contribution in [1.82, 2.24) is 9.78 Å². The fraction of sp³-hybridized carbons (Fsp3) is 0.111. The van der Waals surface area contributed by atoms with E-state index in [4.69, 9.17) is 11.6 Å². The molecule has 0 aliphatic carbocycles. The number of hydrogen-bond acceptors (Lipinski definition) is 2. The van der Waals surface area contributed by atoms with Gasteiger partial charge in [0.15, 0.2) is 0 Å². The molecule has 0 unspecified atom stereocenters. The van der Waals surface area contributed by atoms with Crippen LogP contribution in [-0.4, -0.2) is 15.7 Å². The number of benzene rings is 2. The number of carbonyl (C=O) groups excluding carboxylic acids is 1. The highest BCUT2D eigenvalue weighted by molar-refractivity contribution is 6.30. The molecular weight excluding hydrogens is 329 g/mol. The third-order valence-corrected chi connectivity index (χ3v) is 4.42. The van der Waals surface area contributed by atoms with E-state index in [1.54, 1.807) is 41.2 Å². The van der Waals surface area contributed by atoms with E-state index >= 15 is 0 Å². The van der Waals surface area contributed by atoms with Gasteiger partial charge in [-0.15, -0.1) is 0 Å². The summed E-state index contributed by atoms with van der Waals surface area (Å²) in [5, 5.41) is 7.84. The lowest BCUT2D eigenvalue weighted by molar-refractivity contribution is -0.116. The molecular formula is C18H13ClFN3O. The van der Waals surface area contributed by atoms with Gasteiger partial charge in [0.2, 0.25) is 5.91 Å². The van der Waals surface area contributed by atoms with Crippen molar-refractivity contribution in [2.75, 3.05) is 5.32 Å². The summed E-state index contributed by atoms with van der Waals surface area (Å²) in [5.41, 5.74) is 2.08. The molecule has 0 saturated heterocycles. The summed E-state index contributed by atoms with van der Waals surface area (Å²) in [6, 6.07) is 13.7. The molecule has 24 heavy (non-hydrogen) atoms. The van der Waals surface area contributed by atoms with Crippen molar-refractivity contribution in [2.45, 2.75) is 12.3 Å². The van der Waals surface area contributed by atoms with Crippen molar-refractivity contribution in [3.8, 4) is 5.69 Å². The lowest BCUT2D eigenvalue weighted by Gasteiger charge is -2.24. The summed E-state index contributed by atoms with van der Waals surface area (Å²) in [5.74, 6) is -0.258. The number of anilines is 1. The number of rotatable bonds is 2. The second-order valence-corrected chi connectivity index (χ2v) is 6.10. The third kappa shape index (κ3) is 2.47. The number of nitrogens with one attached hydrogen (secondary N) is 1. The van der Waals surface area contributed by atoms with Crippen LogP contribution in [0.15, 0.2) is 54.7 Å². The average Bonchev–Trinajstić information content (AvgIpc) is 2.99. The highest BCUT2D eigenvalue weighted by Crippen LogP contribution is 2.38. The molecule has 1 atom stereocenters. The number of hydrogen-bond donors (Lipinski definition) is 1. The van der Waals surface area contributed by atoms with Crippen LogP contribution in [0.2, 0.25) is 5.02 Å². The van der Waals surface area contributed by atoms with Gasteiger partial charge in [0.1, 0.15) is 11.6 Å². The molecule has 0 fully saturated rings. The van der Waals surface area contributed by atoms with Crippen LogP contribution in [0.25, 0.3) is 5.69 Å². The Morgan fingerprint density at radius 2 is 1.88 bits per heavy atom. The second kappa shape index (κ2) is 5.76. The molecule has 4 rings (SSSR count). The van der Waals surface area contributed by atoms with E-state index in [9.17, 15) is 9.18 Å². The standard InChI is InChI=1S/C18H13ClFN3O/c19-11-5-7-12(8-6-11)23-18-15(10-21-23)14(9-17(24)22-18)13-3-1-2-4-16(13)20/h1-8,10,14H,9H2,(H,22,24)/t14-/m0/s1. The number of aromatic nitrogens is 2. The van der Waals surface area contributed by atoms with Gasteiger partial charge in [-0.1, -0.05) is 29.8 Å². The lowest BCUT2D eigenvalue weighted by atomic mass is 9.87. The van der Waals surface area contributed by atoms with Gasteiger partial charge in [-0.2, -0.15) is 5.10 Å². The van der Waals surface area contributed by atoms with Crippen molar-refractivity contribution >= 4 is 23.3 Å². The number of halogens is 2. The van der Waals surface area contributed by atoms with Crippen molar-refractivity contribution in [3.05, 3.63) is 76.7 Å². The molecule has 0 spiro atoms. The highest BCUT2D eigenvalue weighted by atomic mass is 35.5. The Morgan fingerprint density at radius 1 is 1.12 bits per heavy atom. The highest BCUT2D eigenvalue weighted by Gasteiger charge is 2.31. The molecule has 1 aliphatic rings. The SMILES string of the molecule is O=C1C[C@@H](c2ccccc2F)c2cnn(-c3ccc(Cl)cc3)c2N1. The molecule has 120 valence electrons. The maximum Gasteiger partial charge on any atom is 0.226 e. The number of amides is 1. The number of carbonyl (C=O) groups is 1. The van der Waals surface area contributed by atoms with Gasteiger partial charge in [0, 0.05) is 22.9 Å². The molecule has 4 nitrogen and oxygen atoms in total. The smallest absolute Gasteiger partial charge is 0.226 e. The van der Waals surface area contributed by atoms with Crippen LogP contribution in [0.1, 0.15) is 23.5 Å². The molecule has 1 aromatic heterocycles. The summed E-state index contributed by atoms with van der Waals surface area (Å²) in [4.78, 5) is 12.2. The van der Waals surface area contributed by atoms with Crippen LogP contribution in [0.4, 0.5) is 10.2 Å². The van der Waals surface area contributed by atoms with Crippen molar-refractivity contribution in [3.63, 3.8) is 0 Å². The molecule has 2 aromatic carbocycles. The van der Waals surface area contributed by atoms with Gasteiger partial charge in [-0.05, 0) is 35.9 Å². The Bertz CT molecular complexity index is 920. The molecule has 1 amide bonds. The molecule has 6 heteroatoms. The van der Waals surface area contributed by atoms with Crippen molar-refractivity contribution < 1.29 is 9.18 Å². The van der Waals surface area contributed by atoms with E-state index in [1.165, 1.54) is 6.07 Å². The van der Waals surface area contributed by atoms with E-state index in [2.05, 4.69) is 10.4 Å². The fourth-order valence-corrected chi connectivity index (χ4v) is 3.16. The molecule has 2 heterocycles. The van der Waals surface area contributed by atoms with Gasteiger partial charge in [-0.3, -0.25) is 4.79 Å². The average molecular weight is 342 g/mol. The summed E-state index contributed by atoms with van der Waals surface area (Å²) < 4.78 is 15.8. The van der Waals surface area contributed by atoms with Crippen LogP contribution < -0.4 is 5.32 Å². The van der Waals surface area contributed by atoms with E-state index < -0.39 is 0 Å². The fourth-order valence-electron chi connectivity index (χ4n) is 3.03. The maximum atomic E-state index is 14.2. The zero-order valence-corrected chi connectivity index (χ0v) is 13.3. The molecule has 0 bridgehead atoms. The Hall–Kier alpha value is -2.66. The molecule has 1 N–H and O–H groups in total. The third-order valence-electron chi connectivity index (χ3n) is 4.17. The van der Waals surface area contributed by atoms with E-state index in [0.717, 1.165) is 11.3 Å². The molecule has 1 aliphatic heterocycles. The minimum absolute atomic E-state index is 0.161. The second-order valence-electron chi connectivity index (χ2n) is 5.66. The Kier molecular flexibility index (Phi) is 3.58. The first-order valence-electron chi connectivity index (χ1n) is 7.51. The molecule has 0 saturated carbocycles. The van der Waals surface area contributed by atoms with E-state index in [-0.39, 0.29) is 24.1 Å². The van der Waals surface area contributed by atoms with Gasteiger partial charge in [0.05, 0.1) is 11.9 Å². The van der Waals surface area contributed by atoms with Crippen molar-refractivity contribution in [1.29, 1.82) is 0 Å². The Morgan fingerprint density at radius 3 is 2.62 bits per heavy atom. The first-order chi connectivity index (χ1) is 11.6. The van der Waals surface area contributed by atoms with Crippen LogP contribution in [0.3, 0.4) is 0 Å². The minimum atomic E-state index is -0.351. The molecule has 0 radical (unpaired) electrons. The predicted octanol–water partition coefficient (Wildman–Crippen LogP) is 4.14. The monoisotopic (exact) mass is 341 g/mol. The Labute approximate surface area is 142 Å². The van der Waals surface area contributed by atoms with Crippen molar-refractivity contribution in [2.24, 2.45) is 0 Å². The minimum Gasteiger partial charge on any atom is -0.310 e. The number of fused-ring (bicyclic) bond motifs is 1. The summed E-state index contributed by atoms with van der Waals surface area (Å²) in [6.07, 6.45) is 1.88. The normalized spacial score (nSPS) is 16.6. The summed E-state index contributed by atoms with van der Waals surface area (Å²) in [6.45, 7) is 0. The zero-order chi connectivity index (χ0) is 16.7. The van der Waals surface area contributed by atoms with Crippen LogP contribution in [0, 0.1) is 5.82 Å². The largest absolute Gasteiger partial charge is 0.310 e. The lowest BCUT2D eigenvalue weighted by Crippen LogP contribution is -2.25. The van der Waals surface area contributed by atoms with Crippen LogP contribution in [-0.2, 0) is 4.79 Å². The topological polar surface area (TPSA) is 46.9 Å². The summed E-state index contributed by atoms with van der Waals surface area (Å²) >= 11 is 5.92.